The van der Waals surface area contributed by atoms with E-state index in [2.05, 4.69) is 15.3 Å². The van der Waals surface area contributed by atoms with Gasteiger partial charge in [-0.15, -0.1) is 5.11 Å². The van der Waals surface area contributed by atoms with E-state index >= 15 is 0 Å². The third-order valence-electron chi connectivity index (χ3n) is 3.24. The van der Waals surface area contributed by atoms with Crippen LogP contribution in [0.5, 0.6) is 5.75 Å². The molecule has 1 aromatic rings. The summed E-state index contributed by atoms with van der Waals surface area (Å²) >= 11 is 0. The second-order valence-corrected chi connectivity index (χ2v) is 4.91. The molecule has 1 aliphatic rings. The maximum atomic E-state index is 5.11. The van der Waals surface area contributed by atoms with Crippen molar-refractivity contribution < 1.29 is 9.33 Å². The maximum Gasteiger partial charge on any atom is 0.170 e. The van der Waals surface area contributed by atoms with Crippen LogP contribution in [0.1, 0.15) is 13.8 Å². The number of methoxy groups -OCH3 is 1. The molecule has 0 saturated carbocycles. The Hall–Kier alpha value is -2.01. The molecule has 5 heteroatoms. The van der Waals surface area contributed by atoms with E-state index in [0.29, 0.717) is 4.59 Å². The minimum atomic E-state index is 0.489. The predicted octanol–water partition coefficient (Wildman–Crippen LogP) is 3.48. The summed E-state index contributed by atoms with van der Waals surface area (Å²) in [5, 5.41) is 13.1. The van der Waals surface area contributed by atoms with E-state index in [-0.39, 0.29) is 0 Å². The molecule has 0 unspecified atom stereocenters. The van der Waals surface area contributed by atoms with Crippen LogP contribution in [0.25, 0.3) is 0 Å². The Morgan fingerprint density at radius 2 is 1.68 bits per heavy atom. The van der Waals surface area contributed by atoms with Gasteiger partial charge in [-0.3, -0.25) is 0 Å². The first kappa shape index (κ1) is 13.4. The summed E-state index contributed by atoms with van der Waals surface area (Å²) in [4.78, 5) is 0. The second-order valence-electron chi connectivity index (χ2n) is 4.91. The van der Waals surface area contributed by atoms with Gasteiger partial charge in [0.15, 0.2) is 11.4 Å². The minimum Gasteiger partial charge on any atom is -0.497 e. The molecule has 19 heavy (non-hydrogen) atoms. The summed E-state index contributed by atoms with van der Waals surface area (Å²) in [5.74, 6) is 0.811. The number of rotatable bonds is 3. The van der Waals surface area contributed by atoms with Gasteiger partial charge in [-0.2, -0.15) is 9.71 Å². The Kier molecular flexibility index (Phi) is 3.48. The third kappa shape index (κ3) is 2.71. The molecule has 5 nitrogen and oxygen atoms in total. The molecule has 0 radical (unpaired) electrons. The van der Waals surface area contributed by atoms with Crippen LogP contribution < -0.4 is 4.74 Å². The van der Waals surface area contributed by atoms with Gasteiger partial charge in [-0.05, 0) is 31.2 Å². The molecule has 0 fully saturated rings. The molecule has 0 N–H and O–H groups in total. The van der Waals surface area contributed by atoms with Crippen molar-refractivity contribution in [3.05, 3.63) is 35.7 Å². The molecule has 0 amide bonds. The van der Waals surface area contributed by atoms with Crippen LogP contribution in [0.15, 0.2) is 51.0 Å². The zero-order valence-corrected chi connectivity index (χ0v) is 12.0. The fourth-order valence-electron chi connectivity index (χ4n) is 1.92. The summed E-state index contributed by atoms with van der Waals surface area (Å²) in [6.07, 6.45) is 0. The Labute approximate surface area is 113 Å². The lowest BCUT2D eigenvalue weighted by molar-refractivity contribution is -0.856. The SMILES string of the molecule is COc1ccc(N=NC2=C(C)[N+](C)(C)N=C2C)cc1. The van der Waals surface area contributed by atoms with Gasteiger partial charge >= 0.3 is 0 Å². The molecule has 0 bridgehead atoms. The monoisotopic (exact) mass is 259 g/mol. The van der Waals surface area contributed by atoms with E-state index in [1.807, 2.05) is 52.2 Å². The largest absolute Gasteiger partial charge is 0.497 e. The molecule has 1 aliphatic heterocycles. The molecule has 0 spiro atoms. The number of quaternary nitrogens is 1. The minimum absolute atomic E-state index is 0.489. The number of hydrogen-bond acceptors (Lipinski definition) is 4. The highest BCUT2D eigenvalue weighted by Crippen LogP contribution is 2.27. The number of ether oxygens (including phenoxy) is 1. The predicted molar refractivity (Wildman–Crippen MR) is 75.4 cm³/mol. The summed E-state index contributed by atoms with van der Waals surface area (Å²) in [6, 6.07) is 7.48. The van der Waals surface area contributed by atoms with Crippen LogP contribution in [0.3, 0.4) is 0 Å². The number of hydrogen-bond donors (Lipinski definition) is 0. The van der Waals surface area contributed by atoms with Crippen LogP contribution in [0.2, 0.25) is 0 Å². The van der Waals surface area contributed by atoms with E-state index in [1.54, 1.807) is 7.11 Å². The van der Waals surface area contributed by atoms with Gasteiger partial charge in [0, 0.05) is 6.92 Å². The zero-order chi connectivity index (χ0) is 14.0. The normalized spacial score (nSPS) is 18.1. The molecule has 1 heterocycles. The van der Waals surface area contributed by atoms with E-state index in [4.69, 9.17) is 4.74 Å². The van der Waals surface area contributed by atoms with Crippen molar-refractivity contribution >= 4 is 11.4 Å². The zero-order valence-electron chi connectivity index (χ0n) is 12.0. The fourth-order valence-corrected chi connectivity index (χ4v) is 1.92. The summed E-state index contributed by atoms with van der Waals surface area (Å²) in [6.45, 7) is 3.99. The van der Waals surface area contributed by atoms with Crippen molar-refractivity contribution in [3.8, 4) is 5.75 Å². The molecule has 0 atom stereocenters. The van der Waals surface area contributed by atoms with Crippen molar-refractivity contribution in [1.82, 2.24) is 0 Å². The highest BCUT2D eigenvalue weighted by atomic mass is 16.5. The van der Waals surface area contributed by atoms with Crippen molar-refractivity contribution in [2.45, 2.75) is 13.8 Å². The lowest BCUT2D eigenvalue weighted by atomic mass is 10.2. The van der Waals surface area contributed by atoms with Crippen LogP contribution in [-0.4, -0.2) is 31.5 Å². The Balaban J connectivity index is 2.23. The Morgan fingerprint density at radius 3 is 2.16 bits per heavy atom. The molecule has 1 aromatic carbocycles. The maximum absolute atomic E-state index is 5.11. The molecular formula is C14H19N4O+. The van der Waals surface area contributed by atoms with Gasteiger partial charge in [0.05, 0.1) is 26.9 Å². The van der Waals surface area contributed by atoms with Crippen LogP contribution in [-0.2, 0) is 0 Å². The smallest absolute Gasteiger partial charge is 0.170 e. The van der Waals surface area contributed by atoms with E-state index < -0.39 is 0 Å². The van der Waals surface area contributed by atoms with E-state index in [9.17, 15) is 0 Å². The molecular weight excluding hydrogens is 240 g/mol. The number of benzene rings is 1. The lowest BCUT2D eigenvalue weighted by Crippen LogP contribution is -2.28. The van der Waals surface area contributed by atoms with Crippen LogP contribution in [0, 0.1) is 0 Å². The lowest BCUT2D eigenvalue weighted by Gasteiger charge is -2.17. The van der Waals surface area contributed by atoms with Crippen LogP contribution in [0.4, 0.5) is 5.69 Å². The fraction of sp³-hybridized carbons (Fsp3) is 0.357. The van der Waals surface area contributed by atoms with Crippen molar-refractivity contribution in [1.29, 1.82) is 0 Å². The standard InChI is InChI=1S/C14H19N4O/c1-10-14(11(2)18(3,4)17-10)16-15-12-6-8-13(19-5)9-7-12/h6-9H,1-5H3/q+1. The summed E-state index contributed by atoms with van der Waals surface area (Å²) < 4.78 is 5.59. The van der Waals surface area contributed by atoms with Gasteiger partial charge < -0.3 is 4.74 Å². The van der Waals surface area contributed by atoms with Gasteiger partial charge in [-0.1, -0.05) is 5.10 Å². The molecule has 0 aromatic heterocycles. The quantitative estimate of drug-likeness (QED) is 0.605. The van der Waals surface area contributed by atoms with Crippen LogP contribution >= 0.6 is 0 Å². The first-order chi connectivity index (χ1) is 8.94. The van der Waals surface area contributed by atoms with Gasteiger partial charge in [0.2, 0.25) is 0 Å². The first-order valence-electron chi connectivity index (χ1n) is 6.12. The number of allylic oxidation sites excluding steroid dienone is 2. The molecule has 0 aliphatic carbocycles. The molecule has 0 saturated heterocycles. The average molecular weight is 259 g/mol. The Morgan fingerprint density at radius 1 is 1.05 bits per heavy atom. The van der Waals surface area contributed by atoms with E-state index in [1.165, 1.54) is 0 Å². The topological polar surface area (TPSA) is 46.3 Å². The number of nitrogens with zero attached hydrogens (tertiary/aromatic N) is 4. The summed E-state index contributed by atoms with van der Waals surface area (Å²) in [5.41, 5.74) is 3.67. The molecule has 100 valence electrons. The van der Waals surface area contributed by atoms with Crippen molar-refractivity contribution in [2.75, 3.05) is 21.2 Å². The molecule has 2 rings (SSSR count). The first-order valence-corrected chi connectivity index (χ1v) is 6.12. The van der Waals surface area contributed by atoms with Gasteiger partial charge in [-0.25, -0.2) is 0 Å². The van der Waals surface area contributed by atoms with Gasteiger partial charge in [0.1, 0.15) is 11.5 Å². The van der Waals surface area contributed by atoms with E-state index in [0.717, 1.165) is 28.5 Å². The number of azo groups is 1. The average Bonchev–Trinajstić information content (AvgIpc) is 2.57. The highest BCUT2D eigenvalue weighted by molar-refractivity contribution is 5.98. The van der Waals surface area contributed by atoms with Crippen molar-refractivity contribution in [3.63, 3.8) is 0 Å². The van der Waals surface area contributed by atoms with Gasteiger partial charge in [0.25, 0.3) is 0 Å². The highest BCUT2D eigenvalue weighted by Gasteiger charge is 2.31. The Bertz CT molecular complexity index is 568. The van der Waals surface area contributed by atoms with Crippen molar-refractivity contribution in [2.24, 2.45) is 15.3 Å². The third-order valence-corrected chi connectivity index (χ3v) is 3.24. The second kappa shape index (κ2) is 4.93. The summed E-state index contributed by atoms with van der Waals surface area (Å²) in [7, 11) is 5.69.